The Kier molecular flexibility index (Phi) is 4.07. The first kappa shape index (κ1) is 17.5. The topological polar surface area (TPSA) is 87.0 Å². The number of carbonyl (C=O) groups is 2. The van der Waals surface area contributed by atoms with Crippen molar-refractivity contribution in [3.8, 4) is 5.69 Å². The van der Waals surface area contributed by atoms with Crippen molar-refractivity contribution >= 4 is 11.8 Å². The molecule has 1 atom stereocenters. The van der Waals surface area contributed by atoms with Crippen molar-refractivity contribution in [1.82, 2.24) is 20.2 Å². The highest BCUT2D eigenvalue weighted by Gasteiger charge is 2.55. The van der Waals surface area contributed by atoms with Crippen LogP contribution in [0, 0.1) is 23.2 Å². The van der Waals surface area contributed by atoms with Crippen molar-refractivity contribution in [2.75, 3.05) is 0 Å². The number of esters is 1. The predicted molar refractivity (Wildman–Crippen MR) is 99.6 cm³/mol. The number of rotatable bonds is 5. The number of tetrazole rings is 1. The van der Waals surface area contributed by atoms with Crippen LogP contribution in [0.1, 0.15) is 55.8 Å². The van der Waals surface area contributed by atoms with Crippen molar-refractivity contribution < 1.29 is 14.3 Å². The van der Waals surface area contributed by atoms with Gasteiger partial charge in [-0.05, 0) is 97.9 Å². The van der Waals surface area contributed by atoms with Crippen molar-refractivity contribution in [1.29, 1.82) is 0 Å². The van der Waals surface area contributed by atoms with Gasteiger partial charge in [0.25, 0.3) is 0 Å². The van der Waals surface area contributed by atoms with Crippen LogP contribution >= 0.6 is 0 Å². The molecule has 4 bridgehead atoms. The Labute approximate surface area is 163 Å². The van der Waals surface area contributed by atoms with E-state index in [1.54, 1.807) is 31.2 Å². The maximum absolute atomic E-state index is 13.3. The van der Waals surface area contributed by atoms with Gasteiger partial charge in [0.15, 0.2) is 11.9 Å². The molecule has 1 aromatic carbocycles. The van der Waals surface area contributed by atoms with Crippen LogP contribution in [-0.4, -0.2) is 38.1 Å². The fraction of sp³-hybridized carbons (Fsp3) is 0.571. The van der Waals surface area contributed by atoms with Crippen LogP contribution < -0.4 is 0 Å². The molecule has 7 nitrogen and oxygen atoms in total. The van der Waals surface area contributed by atoms with Gasteiger partial charge in [0.1, 0.15) is 6.33 Å². The summed E-state index contributed by atoms with van der Waals surface area (Å²) in [7, 11) is 0. The lowest BCUT2D eigenvalue weighted by molar-refractivity contribution is -0.152. The number of ketones is 1. The molecule has 0 saturated heterocycles. The number of carbonyl (C=O) groups excluding carboxylic acids is 2. The molecule has 0 spiro atoms. The molecule has 0 radical (unpaired) electrons. The third-order valence-corrected chi connectivity index (χ3v) is 6.93. The van der Waals surface area contributed by atoms with Gasteiger partial charge >= 0.3 is 5.97 Å². The van der Waals surface area contributed by atoms with Gasteiger partial charge in [0.2, 0.25) is 0 Å². The van der Waals surface area contributed by atoms with E-state index in [1.165, 1.54) is 30.3 Å². The highest BCUT2D eigenvalue weighted by Crippen LogP contribution is 2.60. The number of hydrogen-bond acceptors (Lipinski definition) is 6. The fourth-order valence-corrected chi connectivity index (χ4v) is 6.16. The molecule has 28 heavy (non-hydrogen) atoms. The van der Waals surface area contributed by atoms with Crippen LogP contribution in [-0.2, 0) is 9.53 Å². The molecule has 0 amide bonds. The van der Waals surface area contributed by atoms with Crippen LogP contribution in [0.25, 0.3) is 5.69 Å². The third kappa shape index (κ3) is 2.93. The van der Waals surface area contributed by atoms with Crippen LogP contribution in [0.5, 0.6) is 0 Å². The maximum atomic E-state index is 13.3. The minimum absolute atomic E-state index is 0.130. The molecule has 4 saturated carbocycles. The van der Waals surface area contributed by atoms with E-state index in [-0.39, 0.29) is 11.2 Å². The van der Waals surface area contributed by atoms with E-state index in [2.05, 4.69) is 15.5 Å². The highest BCUT2D eigenvalue weighted by atomic mass is 16.5. The van der Waals surface area contributed by atoms with E-state index in [1.807, 2.05) is 0 Å². The first-order valence-corrected chi connectivity index (χ1v) is 10.1. The van der Waals surface area contributed by atoms with E-state index in [4.69, 9.17) is 4.74 Å². The van der Waals surface area contributed by atoms with E-state index >= 15 is 0 Å². The number of Topliss-reactive ketones (excluding diaryl/α,β-unsaturated/α-hetero) is 1. The van der Waals surface area contributed by atoms with E-state index in [0.29, 0.717) is 23.3 Å². The Morgan fingerprint density at radius 3 is 2.21 bits per heavy atom. The Bertz CT molecular complexity index is 856. The number of ether oxygens (including phenoxy) is 1. The second-order valence-corrected chi connectivity index (χ2v) is 8.91. The van der Waals surface area contributed by atoms with Crippen LogP contribution in [0.2, 0.25) is 0 Å². The zero-order valence-corrected chi connectivity index (χ0v) is 16.0. The molecule has 1 aromatic heterocycles. The van der Waals surface area contributed by atoms with Gasteiger partial charge < -0.3 is 4.74 Å². The number of aromatic nitrogens is 4. The minimum atomic E-state index is -0.706. The van der Waals surface area contributed by atoms with Gasteiger partial charge in [-0.3, -0.25) is 4.79 Å². The molecule has 4 aliphatic rings. The normalized spacial score (nSPS) is 31.5. The molecule has 2 aromatic rings. The Hall–Kier alpha value is -2.57. The van der Waals surface area contributed by atoms with Crippen LogP contribution in [0.4, 0.5) is 0 Å². The minimum Gasteiger partial charge on any atom is -0.451 e. The SMILES string of the molecule is CC(OC(=O)c1ccc(-n2cnnn2)cc1)C(=O)C12CC3CC(CC(C3)C1)C2. The molecule has 0 N–H and O–H groups in total. The quantitative estimate of drug-likeness (QED) is 0.741. The average molecular weight is 380 g/mol. The Balaban J connectivity index is 1.27. The molecule has 146 valence electrons. The summed E-state index contributed by atoms with van der Waals surface area (Å²) < 4.78 is 7.09. The van der Waals surface area contributed by atoms with Gasteiger partial charge in [-0.25, -0.2) is 9.48 Å². The smallest absolute Gasteiger partial charge is 0.338 e. The summed E-state index contributed by atoms with van der Waals surface area (Å²) in [4.78, 5) is 25.8. The maximum Gasteiger partial charge on any atom is 0.338 e. The van der Waals surface area contributed by atoms with Crippen molar-refractivity contribution in [3.05, 3.63) is 36.2 Å². The lowest BCUT2D eigenvalue weighted by Gasteiger charge is -2.56. The predicted octanol–water partition coefficient (Wildman–Crippen LogP) is 2.99. The van der Waals surface area contributed by atoms with E-state index < -0.39 is 12.1 Å². The van der Waals surface area contributed by atoms with Crippen molar-refractivity contribution in [2.45, 2.75) is 51.6 Å². The molecule has 7 heteroatoms. The van der Waals surface area contributed by atoms with Gasteiger partial charge in [-0.2, -0.15) is 0 Å². The molecular weight excluding hydrogens is 356 g/mol. The Morgan fingerprint density at radius 2 is 1.68 bits per heavy atom. The van der Waals surface area contributed by atoms with Gasteiger partial charge in [0, 0.05) is 5.41 Å². The zero-order chi connectivity index (χ0) is 19.3. The summed E-state index contributed by atoms with van der Waals surface area (Å²) in [5.74, 6) is 1.74. The summed E-state index contributed by atoms with van der Waals surface area (Å²) >= 11 is 0. The van der Waals surface area contributed by atoms with Crippen molar-refractivity contribution in [2.24, 2.45) is 23.2 Å². The van der Waals surface area contributed by atoms with E-state index in [9.17, 15) is 9.59 Å². The lowest BCUT2D eigenvalue weighted by atomic mass is 9.48. The summed E-state index contributed by atoms with van der Waals surface area (Å²) in [5, 5.41) is 11.0. The zero-order valence-electron chi connectivity index (χ0n) is 16.0. The molecule has 1 heterocycles. The fourth-order valence-electron chi connectivity index (χ4n) is 6.16. The number of benzene rings is 1. The van der Waals surface area contributed by atoms with Crippen LogP contribution in [0.3, 0.4) is 0 Å². The summed E-state index contributed by atoms with van der Waals surface area (Å²) in [6.45, 7) is 1.73. The first-order chi connectivity index (χ1) is 13.5. The summed E-state index contributed by atoms with van der Waals surface area (Å²) in [6, 6.07) is 6.83. The Morgan fingerprint density at radius 1 is 1.07 bits per heavy atom. The van der Waals surface area contributed by atoms with Crippen LogP contribution in [0.15, 0.2) is 30.6 Å². The van der Waals surface area contributed by atoms with Gasteiger partial charge in [0.05, 0.1) is 11.3 Å². The highest BCUT2D eigenvalue weighted by molar-refractivity contribution is 5.94. The molecule has 0 aliphatic heterocycles. The molecule has 4 aliphatic carbocycles. The largest absolute Gasteiger partial charge is 0.451 e. The second kappa shape index (κ2) is 6.50. The lowest BCUT2D eigenvalue weighted by Crippen LogP contribution is -2.52. The van der Waals surface area contributed by atoms with Gasteiger partial charge in [-0.15, -0.1) is 5.10 Å². The molecular formula is C21H24N4O3. The summed E-state index contributed by atoms with van der Waals surface area (Å²) in [6.07, 6.45) is 7.60. The number of hydrogen-bond donors (Lipinski definition) is 0. The van der Waals surface area contributed by atoms with E-state index in [0.717, 1.165) is 24.9 Å². The van der Waals surface area contributed by atoms with Gasteiger partial charge in [-0.1, -0.05) is 0 Å². The van der Waals surface area contributed by atoms with Crippen molar-refractivity contribution in [3.63, 3.8) is 0 Å². The third-order valence-electron chi connectivity index (χ3n) is 6.93. The monoisotopic (exact) mass is 380 g/mol. The molecule has 6 rings (SSSR count). The number of nitrogens with zero attached hydrogens (tertiary/aromatic N) is 4. The second-order valence-electron chi connectivity index (χ2n) is 8.91. The summed E-state index contributed by atoms with van der Waals surface area (Å²) in [5.41, 5.74) is 0.916. The molecule has 1 unspecified atom stereocenters. The molecule has 4 fully saturated rings. The first-order valence-electron chi connectivity index (χ1n) is 10.1. The average Bonchev–Trinajstić information content (AvgIpc) is 3.21. The standard InChI is InChI=1S/C21H24N4O3/c1-13(19(26)21-9-14-6-15(10-21)8-16(7-14)11-21)28-20(27)17-2-4-18(5-3-17)25-12-22-23-24-25/h2-5,12-16H,6-11H2,1H3.